The summed E-state index contributed by atoms with van der Waals surface area (Å²) in [5.74, 6) is 0.114. The van der Waals surface area contributed by atoms with Crippen molar-refractivity contribution in [3.8, 4) is 0 Å². The fourth-order valence-electron chi connectivity index (χ4n) is 1.94. The normalized spacial score (nSPS) is 10.2. The van der Waals surface area contributed by atoms with E-state index in [1.807, 2.05) is 18.2 Å². The lowest BCUT2D eigenvalue weighted by Crippen LogP contribution is -2.09. The number of nitrogens with two attached hydrogens (primary N) is 1. The van der Waals surface area contributed by atoms with E-state index in [1.54, 1.807) is 13.0 Å². The van der Waals surface area contributed by atoms with Crippen molar-refractivity contribution in [2.45, 2.75) is 20.3 Å². The Bertz CT molecular complexity index is 641. The molecule has 2 rings (SSSR count). The lowest BCUT2D eigenvalue weighted by atomic mass is 10.1. The number of anilines is 3. The van der Waals surface area contributed by atoms with Crippen LogP contribution in [0.15, 0.2) is 36.5 Å². The summed E-state index contributed by atoms with van der Waals surface area (Å²) in [7, 11) is 0. The topological polar surface area (TPSA) is 77.2 Å². The SMILES string of the molecule is CCOC(=O)c1cc(Nc2cccc(CC)c2)ncc1N. The smallest absolute Gasteiger partial charge is 0.340 e. The second-order valence-corrected chi connectivity index (χ2v) is 4.56. The molecule has 0 saturated carbocycles. The Morgan fingerprint density at radius 3 is 2.86 bits per heavy atom. The minimum Gasteiger partial charge on any atom is -0.462 e. The number of pyridine rings is 1. The monoisotopic (exact) mass is 285 g/mol. The molecule has 0 aliphatic rings. The van der Waals surface area contributed by atoms with E-state index in [9.17, 15) is 4.79 Å². The highest BCUT2D eigenvalue weighted by Crippen LogP contribution is 2.20. The molecule has 0 spiro atoms. The minimum absolute atomic E-state index is 0.307. The molecule has 110 valence electrons. The molecule has 2 aromatic rings. The number of hydrogen-bond donors (Lipinski definition) is 2. The van der Waals surface area contributed by atoms with Gasteiger partial charge in [0.1, 0.15) is 5.82 Å². The first kappa shape index (κ1) is 14.8. The number of aryl methyl sites for hydroxylation is 1. The summed E-state index contributed by atoms with van der Waals surface area (Å²) >= 11 is 0. The minimum atomic E-state index is -0.442. The number of nitrogen functional groups attached to an aromatic ring is 1. The summed E-state index contributed by atoms with van der Waals surface area (Å²) in [6, 6.07) is 9.63. The number of ether oxygens (including phenoxy) is 1. The Hall–Kier alpha value is -2.56. The van der Waals surface area contributed by atoms with Gasteiger partial charge in [-0.15, -0.1) is 0 Å². The van der Waals surface area contributed by atoms with Crippen molar-refractivity contribution >= 4 is 23.2 Å². The van der Waals surface area contributed by atoms with Crippen LogP contribution in [0.1, 0.15) is 29.8 Å². The number of benzene rings is 1. The van der Waals surface area contributed by atoms with Crippen molar-refractivity contribution in [2.75, 3.05) is 17.7 Å². The average molecular weight is 285 g/mol. The third-order valence-corrected chi connectivity index (χ3v) is 3.04. The van der Waals surface area contributed by atoms with E-state index < -0.39 is 5.97 Å². The van der Waals surface area contributed by atoms with E-state index in [4.69, 9.17) is 10.5 Å². The molecule has 0 atom stereocenters. The molecule has 0 radical (unpaired) electrons. The molecule has 1 heterocycles. The lowest BCUT2D eigenvalue weighted by molar-refractivity contribution is 0.0527. The van der Waals surface area contributed by atoms with Crippen molar-refractivity contribution < 1.29 is 9.53 Å². The fourth-order valence-corrected chi connectivity index (χ4v) is 1.94. The summed E-state index contributed by atoms with van der Waals surface area (Å²) in [6.07, 6.45) is 2.41. The van der Waals surface area contributed by atoms with Gasteiger partial charge in [0.2, 0.25) is 0 Å². The Morgan fingerprint density at radius 2 is 2.14 bits per heavy atom. The van der Waals surface area contributed by atoms with Gasteiger partial charge in [-0.05, 0) is 37.1 Å². The summed E-state index contributed by atoms with van der Waals surface area (Å²) in [4.78, 5) is 16.0. The predicted molar refractivity (Wildman–Crippen MR) is 83.7 cm³/mol. The maximum atomic E-state index is 11.8. The van der Waals surface area contributed by atoms with E-state index in [1.165, 1.54) is 11.8 Å². The third kappa shape index (κ3) is 3.72. The van der Waals surface area contributed by atoms with Gasteiger partial charge in [-0.1, -0.05) is 19.1 Å². The Labute approximate surface area is 124 Å². The van der Waals surface area contributed by atoms with E-state index in [-0.39, 0.29) is 0 Å². The number of hydrogen-bond acceptors (Lipinski definition) is 5. The second kappa shape index (κ2) is 6.74. The molecular weight excluding hydrogens is 266 g/mol. The number of nitrogens with one attached hydrogen (secondary N) is 1. The summed E-state index contributed by atoms with van der Waals surface area (Å²) in [5.41, 5.74) is 8.54. The van der Waals surface area contributed by atoms with Crippen LogP contribution in [-0.4, -0.2) is 17.6 Å². The van der Waals surface area contributed by atoms with Crippen LogP contribution in [0, 0.1) is 0 Å². The zero-order valence-corrected chi connectivity index (χ0v) is 12.2. The van der Waals surface area contributed by atoms with Crippen molar-refractivity contribution in [3.05, 3.63) is 47.7 Å². The number of esters is 1. The molecule has 0 amide bonds. The largest absolute Gasteiger partial charge is 0.462 e. The van der Waals surface area contributed by atoms with Crippen LogP contribution in [0.25, 0.3) is 0 Å². The van der Waals surface area contributed by atoms with Gasteiger partial charge >= 0.3 is 5.97 Å². The highest BCUT2D eigenvalue weighted by Gasteiger charge is 2.12. The zero-order chi connectivity index (χ0) is 15.2. The summed E-state index contributed by atoms with van der Waals surface area (Å²) in [5, 5.41) is 3.17. The quantitative estimate of drug-likeness (QED) is 0.825. The molecule has 5 heteroatoms. The highest BCUT2D eigenvalue weighted by atomic mass is 16.5. The summed E-state index contributed by atoms with van der Waals surface area (Å²) < 4.78 is 4.98. The van der Waals surface area contributed by atoms with Gasteiger partial charge in [-0.3, -0.25) is 0 Å². The van der Waals surface area contributed by atoms with Gasteiger partial charge in [-0.2, -0.15) is 0 Å². The number of carbonyl (C=O) groups excluding carboxylic acids is 1. The van der Waals surface area contributed by atoms with Crippen LogP contribution in [-0.2, 0) is 11.2 Å². The predicted octanol–water partition coefficient (Wildman–Crippen LogP) is 3.15. The van der Waals surface area contributed by atoms with Crippen LogP contribution in [0.2, 0.25) is 0 Å². The summed E-state index contributed by atoms with van der Waals surface area (Å²) in [6.45, 7) is 4.16. The van der Waals surface area contributed by atoms with Crippen LogP contribution in [0.4, 0.5) is 17.2 Å². The molecule has 0 fully saturated rings. The van der Waals surface area contributed by atoms with Gasteiger partial charge in [0.05, 0.1) is 24.1 Å². The third-order valence-electron chi connectivity index (χ3n) is 3.04. The van der Waals surface area contributed by atoms with Crippen LogP contribution in [0.3, 0.4) is 0 Å². The Kier molecular flexibility index (Phi) is 4.77. The standard InChI is InChI=1S/C16H19N3O2/c1-3-11-6-5-7-12(8-11)19-15-9-13(14(17)10-18-15)16(20)21-4-2/h5-10H,3-4,17H2,1-2H3,(H,18,19). The molecular formula is C16H19N3O2. The van der Waals surface area contributed by atoms with Crippen LogP contribution in [0.5, 0.6) is 0 Å². The first-order chi connectivity index (χ1) is 10.1. The Balaban J connectivity index is 2.24. The van der Waals surface area contributed by atoms with E-state index in [0.29, 0.717) is 23.7 Å². The van der Waals surface area contributed by atoms with Crippen molar-refractivity contribution in [1.82, 2.24) is 4.98 Å². The molecule has 0 aliphatic heterocycles. The van der Waals surface area contributed by atoms with Crippen LogP contribution >= 0.6 is 0 Å². The number of carbonyl (C=O) groups is 1. The van der Waals surface area contributed by atoms with E-state index in [0.717, 1.165) is 12.1 Å². The first-order valence-electron chi connectivity index (χ1n) is 6.92. The Morgan fingerprint density at radius 1 is 1.33 bits per heavy atom. The van der Waals surface area contributed by atoms with Gasteiger partial charge in [0.15, 0.2) is 0 Å². The van der Waals surface area contributed by atoms with Crippen molar-refractivity contribution in [3.63, 3.8) is 0 Å². The molecule has 21 heavy (non-hydrogen) atoms. The zero-order valence-electron chi connectivity index (χ0n) is 12.2. The molecule has 1 aromatic carbocycles. The maximum Gasteiger partial charge on any atom is 0.340 e. The van der Waals surface area contributed by atoms with Crippen LogP contribution < -0.4 is 11.1 Å². The van der Waals surface area contributed by atoms with Gasteiger partial charge < -0.3 is 15.8 Å². The van der Waals surface area contributed by atoms with Crippen molar-refractivity contribution in [2.24, 2.45) is 0 Å². The molecule has 0 saturated heterocycles. The van der Waals surface area contributed by atoms with E-state index >= 15 is 0 Å². The second-order valence-electron chi connectivity index (χ2n) is 4.56. The molecule has 1 aromatic heterocycles. The lowest BCUT2D eigenvalue weighted by Gasteiger charge is -2.10. The number of rotatable bonds is 5. The van der Waals surface area contributed by atoms with E-state index in [2.05, 4.69) is 23.3 Å². The molecule has 0 bridgehead atoms. The number of nitrogens with zero attached hydrogens (tertiary/aromatic N) is 1. The number of aromatic nitrogens is 1. The highest BCUT2D eigenvalue weighted by molar-refractivity contribution is 5.95. The first-order valence-corrected chi connectivity index (χ1v) is 6.92. The van der Waals surface area contributed by atoms with Gasteiger partial charge in [0.25, 0.3) is 0 Å². The van der Waals surface area contributed by atoms with Gasteiger partial charge in [0, 0.05) is 5.69 Å². The molecule has 0 aliphatic carbocycles. The van der Waals surface area contributed by atoms with Gasteiger partial charge in [-0.25, -0.2) is 9.78 Å². The van der Waals surface area contributed by atoms with Crippen molar-refractivity contribution in [1.29, 1.82) is 0 Å². The maximum absolute atomic E-state index is 11.8. The fraction of sp³-hybridized carbons (Fsp3) is 0.250. The average Bonchev–Trinajstić information content (AvgIpc) is 2.49. The molecule has 5 nitrogen and oxygen atoms in total. The molecule has 3 N–H and O–H groups in total. The molecule has 0 unspecified atom stereocenters.